The summed E-state index contributed by atoms with van der Waals surface area (Å²) in [6, 6.07) is 7.09. The van der Waals surface area contributed by atoms with E-state index in [0.717, 1.165) is 18.4 Å². The number of hydrogen-bond acceptors (Lipinski definition) is 4. The van der Waals surface area contributed by atoms with Gasteiger partial charge >= 0.3 is 0 Å². The van der Waals surface area contributed by atoms with Gasteiger partial charge in [-0.15, -0.1) is 0 Å². The summed E-state index contributed by atoms with van der Waals surface area (Å²) >= 11 is 0. The van der Waals surface area contributed by atoms with E-state index in [9.17, 15) is 9.59 Å². The van der Waals surface area contributed by atoms with Crippen LogP contribution in [0, 0.1) is 5.92 Å². The number of hydrogen-bond donors (Lipinski definition) is 2. The number of methoxy groups -OCH3 is 1. The van der Waals surface area contributed by atoms with Crippen molar-refractivity contribution in [2.24, 2.45) is 13.0 Å². The molecule has 1 fully saturated rings. The molecule has 1 aliphatic rings. The van der Waals surface area contributed by atoms with Crippen LogP contribution in [0.15, 0.2) is 36.7 Å². The molecule has 0 aliphatic heterocycles. The minimum atomic E-state index is -0.437. The summed E-state index contributed by atoms with van der Waals surface area (Å²) in [5, 5.41) is 5.76. The number of nitrogens with zero attached hydrogens (tertiary/aromatic N) is 2. The van der Waals surface area contributed by atoms with E-state index in [-0.39, 0.29) is 18.4 Å². The van der Waals surface area contributed by atoms with Crippen LogP contribution >= 0.6 is 0 Å². The lowest BCUT2D eigenvalue weighted by atomic mass is 9.87. The fourth-order valence-corrected chi connectivity index (χ4v) is 3.89. The molecule has 1 aromatic heterocycles. The third kappa shape index (κ3) is 5.82. The number of carbonyl (C=O) groups is 2. The standard InChI is InChI=1S/C22H30N4O3/c1-26-12-11-23-22(26)21(17-9-6-10-18(14-17)29-2)25-20(28)15-24-19(27)13-16-7-4-3-5-8-16/h6,9-12,14,16,21H,3-5,7-8,13,15H2,1-2H3,(H,24,27)(H,25,28). The zero-order chi connectivity index (χ0) is 20.6. The van der Waals surface area contributed by atoms with Gasteiger partial charge in [-0.2, -0.15) is 0 Å². The Bertz CT molecular complexity index is 827. The Morgan fingerprint density at radius 3 is 2.72 bits per heavy atom. The van der Waals surface area contributed by atoms with Crippen LogP contribution in [0.4, 0.5) is 0 Å². The number of imidazole rings is 1. The molecule has 29 heavy (non-hydrogen) atoms. The molecule has 1 atom stereocenters. The summed E-state index contributed by atoms with van der Waals surface area (Å²) in [4.78, 5) is 29.2. The van der Waals surface area contributed by atoms with Crippen molar-refractivity contribution in [2.75, 3.05) is 13.7 Å². The Morgan fingerprint density at radius 2 is 2.03 bits per heavy atom. The lowest BCUT2D eigenvalue weighted by molar-refractivity contribution is -0.127. The molecular formula is C22H30N4O3. The molecule has 0 spiro atoms. The van der Waals surface area contributed by atoms with Crippen molar-refractivity contribution in [1.29, 1.82) is 0 Å². The second-order valence-corrected chi connectivity index (χ2v) is 7.66. The van der Waals surface area contributed by atoms with E-state index in [2.05, 4.69) is 15.6 Å². The molecule has 2 N–H and O–H groups in total. The highest BCUT2D eigenvalue weighted by Crippen LogP contribution is 2.26. The molecular weight excluding hydrogens is 368 g/mol. The van der Waals surface area contributed by atoms with Crippen LogP contribution < -0.4 is 15.4 Å². The molecule has 0 bridgehead atoms. The van der Waals surface area contributed by atoms with Gasteiger partial charge in [-0.25, -0.2) is 4.98 Å². The Hall–Kier alpha value is -2.83. The van der Waals surface area contributed by atoms with Crippen LogP contribution in [-0.4, -0.2) is 35.0 Å². The van der Waals surface area contributed by atoms with Crippen molar-refractivity contribution in [3.05, 3.63) is 48.0 Å². The maximum atomic E-state index is 12.6. The first-order valence-corrected chi connectivity index (χ1v) is 10.2. The quantitative estimate of drug-likeness (QED) is 0.716. The lowest BCUT2D eigenvalue weighted by Gasteiger charge is -2.21. The first-order chi connectivity index (χ1) is 14.1. The highest BCUT2D eigenvalue weighted by molar-refractivity contribution is 5.85. The second-order valence-electron chi connectivity index (χ2n) is 7.66. The molecule has 7 nitrogen and oxygen atoms in total. The molecule has 1 heterocycles. The second kappa shape index (κ2) is 10.1. The molecule has 1 aliphatic carbocycles. The van der Waals surface area contributed by atoms with Gasteiger partial charge in [0, 0.05) is 25.9 Å². The van der Waals surface area contributed by atoms with Crippen LogP contribution in [0.5, 0.6) is 5.75 Å². The molecule has 1 saturated carbocycles. The fraction of sp³-hybridized carbons (Fsp3) is 0.500. The molecule has 7 heteroatoms. The summed E-state index contributed by atoms with van der Waals surface area (Å²) in [5.41, 5.74) is 0.862. The first-order valence-electron chi connectivity index (χ1n) is 10.2. The Balaban J connectivity index is 1.62. The maximum absolute atomic E-state index is 12.6. The molecule has 1 aromatic carbocycles. The molecule has 2 amide bonds. The number of ether oxygens (including phenoxy) is 1. The minimum Gasteiger partial charge on any atom is -0.497 e. The van der Waals surface area contributed by atoms with Crippen molar-refractivity contribution in [3.8, 4) is 5.75 Å². The number of aromatic nitrogens is 2. The normalized spacial score (nSPS) is 15.5. The number of amides is 2. The topological polar surface area (TPSA) is 85.2 Å². The summed E-state index contributed by atoms with van der Waals surface area (Å²) in [7, 11) is 3.49. The largest absolute Gasteiger partial charge is 0.497 e. The van der Waals surface area contributed by atoms with Gasteiger partial charge in [0.2, 0.25) is 11.8 Å². The van der Waals surface area contributed by atoms with Gasteiger partial charge < -0.3 is 19.9 Å². The average Bonchev–Trinajstić information content (AvgIpc) is 3.17. The van der Waals surface area contributed by atoms with Gasteiger partial charge in [0.05, 0.1) is 13.7 Å². The van der Waals surface area contributed by atoms with E-state index in [1.54, 1.807) is 13.3 Å². The SMILES string of the molecule is COc1cccc(C(NC(=O)CNC(=O)CC2CCCCC2)c2nccn2C)c1. The smallest absolute Gasteiger partial charge is 0.240 e. The molecule has 0 radical (unpaired) electrons. The predicted molar refractivity (Wildman–Crippen MR) is 110 cm³/mol. The van der Waals surface area contributed by atoms with E-state index in [0.29, 0.717) is 23.9 Å². The van der Waals surface area contributed by atoms with Crippen LogP contribution in [0.3, 0.4) is 0 Å². The summed E-state index contributed by atoms with van der Waals surface area (Å²) < 4.78 is 7.18. The van der Waals surface area contributed by atoms with Crippen LogP contribution in [0.2, 0.25) is 0 Å². The van der Waals surface area contributed by atoms with Crippen molar-refractivity contribution < 1.29 is 14.3 Å². The van der Waals surface area contributed by atoms with Crippen molar-refractivity contribution >= 4 is 11.8 Å². The van der Waals surface area contributed by atoms with Crippen LogP contribution in [0.25, 0.3) is 0 Å². The highest BCUT2D eigenvalue weighted by Gasteiger charge is 2.22. The number of nitrogens with one attached hydrogen (secondary N) is 2. The number of aryl methyl sites for hydroxylation is 1. The Kier molecular flexibility index (Phi) is 7.27. The first kappa shape index (κ1) is 20.9. The van der Waals surface area contributed by atoms with E-state index >= 15 is 0 Å². The predicted octanol–water partition coefficient (Wildman–Crippen LogP) is 2.72. The van der Waals surface area contributed by atoms with E-state index in [4.69, 9.17) is 4.74 Å². The van der Waals surface area contributed by atoms with Gasteiger partial charge in [-0.05, 0) is 36.5 Å². The highest BCUT2D eigenvalue weighted by atomic mass is 16.5. The Labute approximate surface area is 171 Å². The van der Waals surface area contributed by atoms with Gasteiger partial charge in [0.25, 0.3) is 0 Å². The minimum absolute atomic E-state index is 0.0452. The zero-order valence-electron chi connectivity index (χ0n) is 17.2. The van der Waals surface area contributed by atoms with Crippen molar-refractivity contribution in [1.82, 2.24) is 20.2 Å². The third-order valence-corrected chi connectivity index (χ3v) is 5.49. The van der Waals surface area contributed by atoms with Gasteiger partial charge in [0.1, 0.15) is 17.6 Å². The number of rotatable bonds is 8. The van der Waals surface area contributed by atoms with Crippen LogP contribution in [0.1, 0.15) is 56.0 Å². The monoisotopic (exact) mass is 398 g/mol. The lowest BCUT2D eigenvalue weighted by Crippen LogP contribution is -2.40. The molecule has 3 rings (SSSR count). The molecule has 2 aromatic rings. The van der Waals surface area contributed by atoms with Gasteiger partial charge in [-0.3, -0.25) is 9.59 Å². The zero-order valence-corrected chi connectivity index (χ0v) is 17.2. The van der Waals surface area contributed by atoms with Crippen molar-refractivity contribution in [3.63, 3.8) is 0 Å². The Morgan fingerprint density at radius 1 is 1.24 bits per heavy atom. The van der Waals surface area contributed by atoms with E-state index in [1.165, 1.54) is 19.3 Å². The summed E-state index contributed by atoms with van der Waals surface area (Å²) in [6.45, 7) is -0.0452. The third-order valence-electron chi connectivity index (χ3n) is 5.49. The van der Waals surface area contributed by atoms with Crippen LogP contribution in [-0.2, 0) is 16.6 Å². The number of benzene rings is 1. The maximum Gasteiger partial charge on any atom is 0.240 e. The average molecular weight is 399 g/mol. The summed E-state index contributed by atoms with van der Waals surface area (Å²) in [6.07, 6.45) is 9.91. The van der Waals surface area contributed by atoms with E-state index < -0.39 is 6.04 Å². The fourth-order valence-electron chi connectivity index (χ4n) is 3.89. The summed E-state index contributed by atoms with van der Waals surface area (Å²) in [5.74, 6) is 1.56. The molecule has 1 unspecified atom stereocenters. The molecule has 156 valence electrons. The molecule has 0 saturated heterocycles. The van der Waals surface area contributed by atoms with Gasteiger partial charge in [0.15, 0.2) is 0 Å². The van der Waals surface area contributed by atoms with Crippen molar-refractivity contribution in [2.45, 2.75) is 44.6 Å². The van der Waals surface area contributed by atoms with E-state index in [1.807, 2.05) is 42.1 Å². The van der Waals surface area contributed by atoms with Gasteiger partial charge in [-0.1, -0.05) is 31.4 Å². The number of carbonyl (C=O) groups excluding carboxylic acids is 2.